The largest absolute Gasteiger partial charge is 0.327 e. The molecule has 0 spiro atoms. The minimum absolute atomic E-state index is 0.0773. The third-order valence-electron chi connectivity index (χ3n) is 2.94. The number of carbonyl (C=O) groups is 2. The maximum Gasteiger partial charge on any atom is 0.264 e. The van der Waals surface area contributed by atoms with Gasteiger partial charge in [-0.15, -0.1) is 22.7 Å². The Kier molecular flexibility index (Phi) is 3.73. The lowest BCUT2D eigenvalue weighted by atomic mass is 10.3. The third-order valence-corrected chi connectivity index (χ3v) is 4.96. The van der Waals surface area contributed by atoms with Crippen molar-refractivity contribution in [2.45, 2.75) is 0 Å². The average molecular weight is 328 g/mol. The zero-order valence-corrected chi connectivity index (χ0v) is 12.7. The number of nitrogens with zero attached hydrogens (tertiary/aromatic N) is 3. The second-order valence-corrected chi connectivity index (χ2v) is 6.78. The highest BCUT2D eigenvalue weighted by Gasteiger charge is 2.30. The zero-order valence-electron chi connectivity index (χ0n) is 10.3. The van der Waals surface area contributed by atoms with Crippen LogP contribution < -0.4 is 4.90 Å². The molecule has 1 fully saturated rings. The Balaban J connectivity index is 1.71. The monoisotopic (exact) mass is 327 g/mol. The lowest BCUT2D eigenvalue weighted by Gasteiger charge is -2.32. The summed E-state index contributed by atoms with van der Waals surface area (Å²) in [5.74, 6) is -0.253. The molecule has 0 unspecified atom stereocenters. The van der Waals surface area contributed by atoms with E-state index in [1.807, 2.05) is 5.38 Å². The predicted octanol–water partition coefficient (Wildman–Crippen LogP) is 2.35. The first-order chi connectivity index (χ1) is 9.65. The van der Waals surface area contributed by atoms with Crippen LogP contribution in [0.15, 0.2) is 23.7 Å². The van der Waals surface area contributed by atoms with Crippen molar-refractivity contribution in [1.82, 2.24) is 9.88 Å². The molecular weight excluding hydrogens is 318 g/mol. The zero-order chi connectivity index (χ0) is 14.1. The number of aromatic nitrogens is 1. The lowest BCUT2D eigenvalue weighted by molar-refractivity contribution is -0.120. The number of thiophene rings is 1. The molecule has 1 aliphatic rings. The first-order valence-electron chi connectivity index (χ1n) is 5.89. The van der Waals surface area contributed by atoms with Crippen molar-refractivity contribution in [3.63, 3.8) is 0 Å². The van der Waals surface area contributed by atoms with Crippen molar-refractivity contribution in [3.8, 4) is 0 Å². The Morgan fingerprint density at radius 2 is 2.20 bits per heavy atom. The van der Waals surface area contributed by atoms with E-state index in [-0.39, 0.29) is 18.4 Å². The lowest BCUT2D eigenvalue weighted by Crippen LogP contribution is -2.52. The highest BCUT2D eigenvalue weighted by Crippen LogP contribution is 2.24. The highest BCUT2D eigenvalue weighted by molar-refractivity contribution is 7.18. The van der Waals surface area contributed by atoms with Crippen LogP contribution in [0.4, 0.5) is 5.13 Å². The van der Waals surface area contributed by atoms with Crippen LogP contribution in [0.2, 0.25) is 4.34 Å². The number of piperazine rings is 1. The Labute approximate surface area is 128 Å². The molecule has 0 aliphatic carbocycles. The fraction of sp³-hybridized carbons (Fsp3) is 0.250. The van der Waals surface area contributed by atoms with E-state index in [2.05, 4.69) is 4.98 Å². The van der Waals surface area contributed by atoms with Gasteiger partial charge in [0.1, 0.15) is 6.54 Å². The summed E-state index contributed by atoms with van der Waals surface area (Å²) in [5.41, 5.74) is 0. The summed E-state index contributed by atoms with van der Waals surface area (Å²) in [6, 6.07) is 3.38. The van der Waals surface area contributed by atoms with Gasteiger partial charge in [-0.1, -0.05) is 11.6 Å². The van der Waals surface area contributed by atoms with Gasteiger partial charge >= 0.3 is 0 Å². The van der Waals surface area contributed by atoms with Crippen LogP contribution in [0, 0.1) is 0 Å². The van der Waals surface area contributed by atoms with Crippen LogP contribution >= 0.6 is 34.3 Å². The molecular formula is C12H10ClN3O2S2. The molecule has 2 aromatic rings. The van der Waals surface area contributed by atoms with Crippen molar-refractivity contribution in [2.24, 2.45) is 0 Å². The van der Waals surface area contributed by atoms with E-state index in [0.29, 0.717) is 27.4 Å². The van der Waals surface area contributed by atoms with Gasteiger partial charge in [0.15, 0.2) is 5.13 Å². The second kappa shape index (κ2) is 5.51. The van der Waals surface area contributed by atoms with Crippen molar-refractivity contribution in [2.75, 3.05) is 24.5 Å². The molecule has 0 radical (unpaired) electrons. The number of thiazole rings is 1. The van der Waals surface area contributed by atoms with Gasteiger partial charge in [-0.3, -0.25) is 14.5 Å². The van der Waals surface area contributed by atoms with Gasteiger partial charge in [0.2, 0.25) is 5.91 Å². The summed E-state index contributed by atoms with van der Waals surface area (Å²) in [4.78, 5) is 32.2. The molecule has 0 N–H and O–H groups in total. The maximum absolute atomic E-state index is 12.2. The topological polar surface area (TPSA) is 53.5 Å². The number of hydrogen-bond acceptors (Lipinski definition) is 5. The molecule has 20 heavy (non-hydrogen) atoms. The quantitative estimate of drug-likeness (QED) is 0.850. The van der Waals surface area contributed by atoms with Crippen molar-refractivity contribution in [1.29, 1.82) is 0 Å². The van der Waals surface area contributed by atoms with Gasteiger partial charge in [0.05, 0.1) is 9.21 Å². The Hall–Kier alpha value is -1.44. The SMILES string of the molecule is O=C(c1ccc(Cl)s1)N1CCN(c2nccs2)C(=O)C1. The maximum atomic E-state index is 12.2. The van der Waals surface area contributed by atoms with Crippen molar-refractivity contribution in [3.05, 3.63) is 32.9 Å². The number of halogens is 1. The van der Waals surface area contributed by atoms with Gasteiger partial charge in [0, 0.05) is 24.7 Å². The van der Waals surface area contributed by atoms with E-state index in [9.17, 15) is 9.59 Å². The van der Waals surface area contributed by atoms with Crippen LogP contribution in [0.3, 0.4) is 0 Å². The van der Waals surface area contributed by atoms with E-state index in [4.69, 9.17) is 11.6 Å². The predicted molar refractivity (Wildman–Crippen MR) is 79.7 cm³/mol. The Morgan fingerprint density at radius 1 is 1.35 bits per heavy atom. The summed E-state index contributed by atoms with van der Waals surface area (Å²) in [6.07, 6.45) is 1.67. The molecule has 2 aromatic heterocycles. The first kappa shape index (κ1) is 13.5. The molecule has 0 saturated carbocycles. The number of anilines is 1. The molecule has 3 rings (SSSR count). The number of hydrogen-bond donors (Lipinski definition) is 0. The van der Waals surface area contributed by atoms with E-state index >= 15 is 0 Å². The molecule has 2 amide bonds. The molecule has 104 valence electrons. The first-order valence-corrected chi connectivity index (χ1v) is 7.97. The molecule has 8 heteroatoms. The fourth-order valence-corrected chi connectivity index (χ4v) is 3.68. The summed E-state index contributed by atoms with van der Waals surface area (Å²) >= 11 is 8.47. The van der Waals surface area contributed by atoms with Crippen LogP contribution in [0.1, 0.15) is 9.67 Å². The van der Waals surface area contributed by atoms with E-state index in [1.54, 1.807) is 28.1 Å². The molecule has 3 heterocycles. The van der Waals surface area contributed by atoms with E-state index < -0.39 is 0 Å². The fourth-order valence-electron chi connectivity index (χ4n) is 1.98. The second-order valence-electron chi connectivity index (χ2n) is 4.19. The van der Waals surface area contributed by atoms with Crippen LogP contribution in [-0.2, 0) is 4.79 Å². The van der Waals surface area contributed by atoms with Gasteiger partial charge in [-0.25, -0.2) is 4.98 Å². The minimum atomic E-state index is -0.144. The van der Waals surface area contributed by atoms with Crippen molar-refractivity contribution >= 4 is 51.2 Å². The number of amides is 2. The Bertz CT molecular complexity index is 641. The van der Waals surface area contributed by atoms with Crippen molar-refractivity contribution < 1.29 is 9.59 Å². The van der Waals surface area contributed by atoms with E-state index in [1.165, 1.54) is 22.7 Å². The molecule has 0 atom stereocenters. The molecule has 5 nitrogen and oxygen atoms in total. The number of carbonyl (C=O) groups excluding carboxylic acids is 2. The third kappa shape index (κ3) is 2.56. The molecule has 0 bridgehead atoms. The van der Waals surface area contributed by atoms with Crippen LogP contribution in [0.5, 0.6) is 0 Å². The smallest absolute Gasteiger partial charge is 0.264 e. The average Bonchev–Trinajstić information content (AvgIpc) is 3.09. The summed E-state index contributed by atoms with van der Waals surface area (Å²) in [6.45, 7) is 1.05. The molecule has 1 saturated heterocycles. The van der Waals surface area contributed by atoms with Crippen LogP contribution in [-0.4, -0.2) is 41.3 Å². The normalized spacial score (nSPS) is 15.8. The number of rotatable bonds is 2. The van der Waals surface area contributed by atoms with Gasteiger partial charge < -0.3 is 4.90 Å². The Morgan fingerprint density at radius 3 is 2.80 bits per heavy atom. The summed E-state index contributed by atoms with van der Waals surface area (Å²) < 4.78 is 0.570. The van der Waals surface area contributed by atoms with Gasteiger partial charge in [-0.2, -0.15) is 0 Å². The van der Waals surface area contributed by atoms with E-state index in [0.717, 1.165) is 0 Å². The summed E-state index contributed by atoms with van der Waals surface area (Å²) in [5, 5.41) is 2.51. The minimum Gasteiger partial charge on any atom is -0.327 e. The van der Waals surface area contributed by atoms with Crippen LogP contribution in [0.25, 0.3) is 0 Å². The molecule has 0 aromatic carbocycles. The summed E-state index contributed by atoms with van der Waals surface area (Å²) in [7, 11) is 0. The standard InChI is InChI=1S/C12H10ClN3O2S2/c13-9-2-1-8(20-9)11(18)15-4-5-16(10(17)7-15)12-14-3-6-19-12/h1-3,6H,4-5,7H2. The highest BCUT2D eigenvalue weighted by atomic mass is 35.5. The van der Waals surface area contributed by atoms with Gasteiger partial charge in [-0.05, 0) is 12.1 Å². The van der Waals surface area contributed by atoms with Gasteiger partial charge in [0.25, 0.3) is 5.91 Å². The molecule has 1 aliphatic heterocycles.